The first-order valence-electron chi connectivity index (χ1n) is 11.2. The van der Waals surface area contributed by atoms with Crippen molar-refractivity contribution in [3.8, 4) is 0 Å². The molecule has 0 saturated carbocycles. The first kappa shape index (κ1) is 21.9. The largest absolute Gasteiger partial charge is 0.444 e. The normalized spacial score (nSPS) is 20.7. The van der Waals surface area contributed by atoms with Crippen LogP contribution < -0.4 is 0 Å². The van der Waals surface area contributed by atoms with Crippen LogP contribution in [0.15, 0.2) is 29.9 Å². The Balaban J connectivity index is 1.39. The fourth-order valence-corrected chi connectivity index (χ4v) is 5.28. The van der Waals surface area contributed by atoms with Gasteiger partial charge in [-0.25, -0.2) is 9.78 Å². The molecule has 1 unspecified atom stereocenters. The summed E-state index contributed by atoms with van der Waals surface area (Å²) in [6.45, 7) is 8.46. The van der Waals surface area contributed by atoms with Crippen LogP contribution in [0.2, 0.25) is 0 Å². The zero-order chi connectivity index (χ0) is 22.0. The lowest BCUT2D eigenvalue weighted by Crippen LogP contribution is -2.43. The molecule has 7 nitrogen and oxygen atoms in total. The summed E-state index contributed by atoms with van der Waals surface area (Å²) in [7, 11) is 0. The van der Waals surface area contributed by atoms with Gasteiger partial charge in [0.05, 0.1) is 5.01 Å². The average molecular weight is 445 g/mol. The van der Waals surface area contributed by atoms with Gasteiger partial charge < -0.3 is 19.1 Å². The van der Waals surface area contributed by atoms with Crippen LogP contribution in [0.1, 0.15) is 73.9 Å². The minimum absolute atomic E-state index is 0.0980. The Morgan fingerprint density at radius 2 is 1.90 bits per heavy atom. The lowest BCUT2D eigenvalue weighted by Gasteiger charge is -2.35. The molecule has 1 atom stereocenters. The number of aromatic nitrogens is 2. The third-order valence-electron chi connectivity index (χ3n) is 6.02. The van der Waals surface area contributed by atoms with Crippen LogP contribution in [0.3, 0.4) is 0 Å². The Labute approximate surface area is 188 Å². The summed E-state index contributed by atoms with van der Waals surface area (Å²) in [6, 6.07) is 4.10. The van der Waals surface area contributed by atoms with E-state index in [4.69, 9.17) is 4.74 Å². The van der Waals surface area contributed by atoms with E-state index in [-0.39, 0.29) is 18.0 Å². The number of hydrogen-bond donors (Lipinski definition) is 0. The number of thiazole rings is 1. The van der Waals surface area contributed by atoms with E-state index >= 15 is 0 Å². The molecule has 168 valence electrons. The Hall–Kier alpha value is -2.35. The molecule has 2 aromatic heterocycles. The van der Waals surface area contributed by atoms with Crippen LogP contribution in [0.4, 0.5) is 4.79 Å². The Morgan fingerprint density at radius 3 is 2.58 bits per heavy atom. The van der Waals surface area contributed by atoms with Gasteiger partial charge in [0.25, 0.3) is 5.91 Å². The number of carbonyl (C=O) groups is 2. The van der Waals surface area contributed by atoms with Crippen molar-refractivity contribution in [2.45, 2.75) is 64.0 Å². The maximum Gasteiger partial charge on any atom is 0.410 e. The quantitative estimate of drug-likeness (QED) is 0.697. The molecule has 2 saturated heterocycles. The highest BCUT2D eigenvalue weighted by Gasteiger charge is 2.31. The molecule has 0 bridgehead atoms. The van der Waals surface area contributed by atoms with Crippen molar-refractivity contribution >= 4 is 23.3 Å². The topological polar surface area (TPSA) is 67.7 Å². The Morgan fingerprint density at radius 1 is 1.13 bits per heavy atom. The summed E-state index contributed by atoms with van der Waals surface area (Å²) < 4.78 is 7.61. The third-order valence-corrected chi connectivity index (χ3v) is 6.95. The van der Waals surface area contributed by atoms with Crippen molar-refractivity contribution < 1.29 is 14.3 Å². The second kappa shape index (κ2) is 9.02. The van der Waals surface area contributed by atoms with Gasteiger partial charge in [-0.05, 0) is 58.6 Å². The van der Waals surface area contributed by atoms with Crippen LogP contribution in [-0.4, -0.2) is 63.1 Å². The predicted octanol–water partition coefficient (Wildman–Crippen LogP) is 4.54. The molecule has 31 heavy (non-hydrogen) atoms. The summed E-state index contributed by atoms with van der Waals surface area (Å²) in [5, 5.41) is 3.13. The van der Waals surface area contributed by atoms with E-state index in [9.17, 15) is 9.59 Å². The molecule has 0 radical (unpaired) electrons. The smallest absolute Gasteiger partial charge is 0.410 e. The second-order valence-corrected chi connectivity index (χ2v) is 10.4. The molecule has 4 rings (SSSR count). The van der Waals surface area contributed by atoms with E-state index < -0.39 is 5.60 Å². The number of piperidine rings is 2. The fraction of sp³-hybridized carbons (Fsp3) is 0.609. The second-order valence-electron chi connectivity index (χ2n) is 9.46. The van der Waals surface area contributed by atoms with E-state index in [2.05, 4.69) is 9.55 Å². The summed E-state index contributed by atoms with van der Waals surface area (Å²) in [5.74, 6) is 0.430. The van der Waals surface area contributed by atoms with Crippen LogP contribution >= 0.6 is 11.3 Å². The van der Waals surface area contributed by atoms with Gasteiger partial charge >= 0.3 is 6.09 Å². The van der Waals surface area contributed by atoms with E-state index in [1.54, 1.807) is 16.2 Å². The molecule has 2 amide bonds. The van der Waals surface area contributed by atoms with Gasteiger partial charge in [-0.15, -0.1) is 11.3 Å². The standard InChI is InChI=1S/C23H32N4O3S/c1-23(2,3)30-22(29)25-13-8-18(9-14-25)27-12-5-7-19(27)21(28)26-11-4-6-17(16-26)20-24-10-15-31-20/h5,7,10,12,15,17-18H,4,6,8-9,11,13-14,16H2,1-3H3. The Bertz CT molecular complexity index is 894. The van der Waals surface area contributed by atoms with Crippen LogP contribution in [0, 0.1) is 0 Å². The minimum atomic E-state index is -0.487. The van der Waals surface area contributed by atoms with Crippen molar-refractivity contribution in [2.24, 2.45) is 0 Å². The van der Waals surface area contributed by atoms with Crippen LogP contribution in [0.25, 0.3) is 0 Å². The van der Waals surface area contributed by atoms with Gasteiger partial charge in [0.15, 0.2) is 0 Å². The van der Waals surface area contributed by atoms with E-state index in [1.165, 1.54) is 0 Å². The van der Waals surface area contributed by atoms with Gasteiger partial charge in [-0.1, -0.05) is 0 Å². The van der Waals surface area contributed by atoms with Gasteiger partial charge in [-0.2, -0.15) is 0 Å². The number of hydrogen-bond acceptors (Lipinski definition) is 5. The molecule has 2 aliphatic heterocycles. The fourth-order valence-electron chi connectivity index (χ4n) is 4.51. The van der Waals surface area contributed by atoms with Gasteiger partial charge in [-0.3, -0.25) is 4.79 Å². The van der Waals surface area contributed by atoms with Gasteiger partial charge in [0, 0.05) is 55.9 Å². The number of ether oxygens (including phenoxy) is 1. The van der Waals surface area contributed by atoms with Crippen molar-refractivity contribution in [3.63, 3.8) is 0 Å². The zero-order valence-electron chi connectivity index (χ0n) is 18.6. The number of amides is 2. The summed E-state index contributed by atoms with van der Waals surface area (Å²) in [6.07, 6.45) is 7.31. The zero-order valence-corrected chi connectivity index (χ0v) is 19.4. The van der Waals surface area contributed by atoms with E-state index in [1.807, 2.05) is 55.6 Å². The highest BCUT2D eigenvalue weighted by atomic mass is 32.1. The van der Waals surface area contributed by atoms with Crippen molar-refractivity contribution in [2.75, 3.05) is 26.2 Å². The summed E-state index contributed by atoms with van der Waals surface area (Å²) >= 11 is 1.68. The lowest BCUT2D eigenvalue weighted by atomic mass is 9.98. The SMILES string of the molecule is CC(C)(C)OC(=O)N1CCC(n2cccc2C(=O)N2CCCC(c3nccs3)C2)CC1. The third kappa shape index (κ3) is 5.11. The highest BCUT2D eigenvalue weighted by molar-refractivity contribution is 7.09. The first-order valence-corrected chi connectivity index (χ1v) is 12.0. The maximum absolute atomic E-state index is 13.4. The predicted molar refractivity (Wildman–Crippen MR) is 121 cm³/mol. The molecule has 0 aliphatic carbocycles. The molecule has 2 aliphatic rings. The molecule has 0 aromatic carbocycles. The summed E-state index contributed by atoms with van der Waals surface area (Å²) in [5.41, 5.74) is 0.259. The molecular formula is C23H32N4O3S. The first-order chi connectivity index (χ1) is 14.8. The Kier molecular flexibility index (Phi) is 6.36. The van der Waals surface area contributed by atoms with Crippen LogP contribution in [-0.2, 0) is 4.74 Å². The van der Waals surface area contributed by atoms with E-state index in [0.29, 0.717) is 19.0 Å². The number of nitrogens with zero attached hydrogens (tertiary/aromatic N) is 4. The molecule has 0 spiro atoms. The minimum Gasteiger partial charge on any atom is -0.444 e. The molecule has 2 fully saturated rings. The number of rotatable bonds is 3. The molecule has 2 aromatic rings. The molecule has 0 N–H and O–H groups in total. The number of likely N-dealkylation sites (tertiary alicyclic amines) is 2. The van der Waals surface area contributed by atoms with Crippen molar-refractivity contribution in [1.29, 1.82) is 0 Å². The summed E-state index contributed by atoms with van der Waals surface area (Å²) in [4.78, 5) is 33.9. The lowest BCUT2D eigenvalue weighted by molar-refractivity contribution is 0.0186. The van der Waals surface area contributed by atoms with Crippen molar-refractivity contribution in [1.82, 2.24) is 19.4 Å². The number of carbonyl (C=O) groups excluding carboxylic acids is 2. The maximum atomic E-state index is 13.4. The molecule has 8 heteroatoms. The molecular weight excluding hydrogens is 412 g/mol. The van der Waals surface area contributed by atoms with Gasteiger partial charge in [0.1, 0.15) is 11.3 Å². The van der Waals surface area contributed by atoms with Gasteiger partial charge in [0.2, 0.25) is 0 Å². The highest BCUT2D eigenvalue weighted by Crippen LogP contribution is 2.30. The van der Waals surface area contributed by atoms with Crippen LogP contribution in [0.5, 0.6) is 0 Å². The average Bonchev–Trinajstić information content (AvgIpc) is 3.44. The molecule has 4 heterocycles. The monoisotopic (exact) mass is 444 g/mol. The van der Waals surface area contributed by atoms with Crippen molar-refractivity contribution in [3.05, 3.63) is 40.6 Å². The van der Waals surface area contributed by atoms with E-state index in [0.717, 1.165) is 49.5 Å².